The topological polar surface area (TPSA) is 55.4 Å². The predicted octanol–water partition coefficient (Wildman–Crippen LogP) is 3.54. The molecule has 25 heavy (non-hydrogen) atoms. The minimum atomic E-state index is -0.609. The maximum absolute atomic E-state index is 12.4. The molecule has 0 unspecified atom stereocenters. The van der Waals surface area contributed by atoms with E-state index in [1.165, 1.54) is 5.56 Å². The van der Waals surface area contributed by atoms with Crippen LogP contribution in [0, 0.1) is 6.92 Å². The van der Waals surface area contributed by atoms with Crippen molar-refractivity contribution in [2.24, 2.45) is 0 Å². The van der Waals surface area contributed by atoms with E-state index in [1.807, 2.05) is 43.3 Å². The standard InChI is InChI=1S/C20H20ClNO3/c1-14-2-4-15(5-3-14)12-22-18(23)13-25-19(24)20(10-11-20)16-6-8-17(21)9-7-16/h2-9H,10-13H2,1H3,(H,22,23). The zero-order valence-electron chi connectivity index (χ0n) is 14.0. The Hall–Kier alpha value is -2.33. The molecule has 0 bridgehead atoms. The first kappa shape index (κ1) is 17.5. The molecular weight excluding hydrogens is 338 g/mol. The lowest BCUT2D eigenvalue weighted by Gasteiger charge is -2.15. The molecule has 1 amide bonds. The molecule has 4 nitrogen and oxygen atoms in total. The summed E-state index contributed by atoms with van der Waals surface area (Å²) >= 11 is 5.89. The van der Waals surface area contributed by atoms with E-state index < -0.39 is 5.41 Å². The van der Waals surface area contributed by atoms with Gasteiger partial charge in [0.2, 0.25) is 0 Å². The van der Waals surface area contributed by atoms with Crippen LogP contribution in [0.3, 0.4) is 0 Å². The molecule has 1 aliphatic carbocycles. The molecule has 0 heterocycles. The van der Waals surface area contributed by atoms with Gasteiger partial charge in [0, 0.05) is 11.6 Å². The highest BCUT2D eigenvalue weighted by Crippen LogP contribution is 2.49. The van der Waals surface area contributed by atoms with Crippen LogP contribution < -0.4 is 5.32 Å². The second-order valence-corrected chi connectivity index (χ2v) is 6.86. The number of benzene rings is 2. The second-order valence-electron chi connectivity index (χ2n) is 6.43. The summed E-state index contributed by atoms with van der Waals surface area (Å²) in [5, 5.41) is 3.39. The van der Waals surface area contributed by atoms with Crippen molar-refractivity contribution in [1.29, 1.82) is 0 Å². The first-order chi connectivity index (χ1) is 12.0. The smallest absolute Gasteiger partial charge is 0.317 e. The van der Waals surface area contributed by atoms with Gasteiger partial charge in [0.25, 0.3) is 5.91 Å². The molecule has 0 aromatic heterocycles. The lowest BCUT2D eigenvalue weighted by molar-refractivity contribution is -0.151. The number of hydrogen-bond acceptors (Lipinski definition) is 3. The number of nitrogens with one attached hydrogen (secondary N) is 1. The molecule has 0 spiro atoms. The van der Waals surface area contributed by atoms with Crippen molar-refractivity contribution in [2.45, 2.75) is 31.7 Å². The van der Waals surface area contributed by atoms with Gasteiger partial charge in [-0.2, -0.15) is 0 Å². The van der Waals surface area contributed by atoms with Crippen LogP contribution in [0.15, 0.2) is 48.5 Å². The van der Waals surface area contributed by atoms with Crippen LogP contribution in [0.4, 0.5) is 0 Å². The zero-order chi connectivity index (χ0) is 17.9. The minimum absolute atomic E-state index is 0.264. The molecule has 0 saturated heterocycles. The maximum Gasteiger partial charge on any atom is 0.317 e. The Balaban J connectivity index is 1.49. The molecular formula is C20H20ClNO3. The van der Waals surface area contributed by atoms with Gasteiger partial charge in [-0.05, 0) is 43.0 Å². The number of carbonyl (C=O) groups excluding carboxylic acids is 2. The molecule has 1 aliphatic rings. The van der Waals surface area contributed by atoms with Crippen LogP contribution >= 0.6 is 11.6 Å². The second kappa shape index (κ2) is 7.28. The van der Waals surface area contributed by atoms with Crippen molar-refractivity contribution in [3.63, 3.8) is 0 Å². The number of carbonyl (C=O) groups is 2. The summed E-state index contributed by atoms with van der Waals surface area (Å²) < 4.78 is 5.24. The van der Waals surface area contributed by atoms with Crippen molar-refractivity contribution in [1.82, 2.24) is 5.32 Å². The van der Waals surface area contributed by atoms with Crippen LogP contribution in [0.25, 0.3) is 0 Å². The lowest BCUT2D eigenvalue weighted by atomic mass is 9.96. The van der Waals surface area contributed by atoms with Gasteiger partial charge in [-0.1, -0.05) is 53.6 Å². The highest BCUT2D eigenvalue weighted by atomic mass is 35.5. The summed E-state index contributed by atoms with van der Waals surface area (Å²) in [4.78, 5) is 24.3. The van der Waals surface area contributed by atoms with Crippen LogP contribution in [0.2, 0.25) is 5.02 Å². The Bertz CT molecular complexity index is 765. The number of hydrogen-bond donors (Lipinski definition) is 1. The average Bonchev–Trinajstić information content (AvgIpc) is 3.41. The normalized spacial score (nSPS) is 14.6. The highest BCUT2D eigenvalue weighted by molar-refractivity contribution is 6.30. The van der Waals surface area contributed by atoms with E-state index in [0.717, 1.165) is 24.0 Å². The summed E-state index contributed by atoms with van der Waals surface area (Å²) in [6.07, 6.45) is 1.47. The van der Waals surface area contributed by atoms with E-state index in [-0.39, 0.29) is 18.5 Å². The Kier molecular flexibility index (Phi) is 5.09. The van der Waals surface area contributed by atoms with E-state index in [2.05, 4.69) is 5.32 Å². The molecule has 1 N–H and O–H groups in total. The van der Waals surface area contributed by atoms with Gasteiger partial charge in [-0.25, -0.2) is 0 Å². The minimum Gasteiger partial charge on any atom is -0.455 e. The SMILES string of the molecule is Cc1ccc(CNC(=O)COC(=O)C2(c3ccc(Cl)cc3)CC2)cc1. The number of rotatable bonds is 6. The summed E-state index contributed by atoms with van der Waals surface area (Å²) in [6.45, 7) is 2.16. The number of ether oxygens (including phenoxy) is 1. The van der Waals surface area contributed by atoms with Crippen molar-refractivity contribution in [3.8, 4) is 0 Å². The molecule has 1 fully saturated rings. The van der Waals surface area contributed by atoms with Gasteiger partial charge in [0.05, 0.1) is 5.41 Å². The monoisotopic (exact) mass is 357 g/mol. The number of halogens is 1. The molecule has 0 radical (unpaired) electrons. The largest absolute Gasteiger partial charge is 0.455 e. The Morgan fingerprint density at radius 3 is 2.32 bits per heavy atom. The predicted molar refractivity (Wildman–Crippen MR) is 96.3 cm³/mol. The van der Waals surface area contributed by atoms with E-state index in [9.17, 15) is 9.59 Å². The maximum atomic E-state index is 12.4. The fraction of sp³-hybridized carbons (Fsp3) is 0.300. The van der Waals surface area contributed by atoms with Crippen molar-refractivity contribution in [3.05, 3.63) is 70.2 Å². The lowest BCUT2D eigenvalue weighted by Crippen LogP contribution is -2.31. The van der Waals surface area contributed by atoms with E-state index in [1.54, 1.807) is 12.1 Å². The van der Waals surface area contributed by atoms with Gasteiger partial charge >= 0.3 is 5.97 Å². The van der Waals surface area contributed by atoms with Gasteiger partial charge in [0.1, 0.15) is 0 Å². The summed E-state index contributed by atoms with van der Waals surface area (Å²) in [7, 11) is 0. The summed E-state index contributed by atoms with van der Waals surface area (Å²) in [6, 6.07) is 15.1. The zero-order valence-corrected chi connectivity index (χ0v) is 14.8. The molecule has 2 aromatic carbocycles. The van der Waals surface area contributed by atoms with Crippen molar-refractivity contribution < 1.29 is 14.3 Å². The number of esters is 1. The fourth-order valence-electron chi connectivity index (χ4n) is 2.73. The third-order valence-corrected chi connectivity index (χ3v) is 4.73. The van der Waals surface area contributed by atoms with Gasteiger partial charge in [0.15, 0.2) is 6.61 Å². The van der Waals surface area contributed by atoms with Crippen LogP contribution in [-0.4, -0.2) is 18.5 Å². The van der Waals surface area contributed by atoms with E-state index in [4.69, 9.17) is 16.3 Å². The van der Waals surface area contributed by atoms with E-state index >= 15 is 0 Å². The molecule has 130 valence electrons. The van der Waals surface area contributed by atoms with Crippen LogP contribution in [-0.2, 0) is 26.3 Å². The van der Waals surface area contributed by atoms with Crippen LogP contribution in [0.1, 0.15) is 29.5 Å². The number of aryl methyl sites for hydroxylation is 1. The summed E-state index contributed by atoms with van der Waals surface area (Å²) in [5.41, 5.74) is 2.45. The fourth-order valence-corrected chi connectivity index (χ4v) is 2.86. The van der Waals surface area contributed by atoms with Crippen molar-refractivity contribution in [2.75, 3.05) is 6.61 Å². The first-order valence-corrected chi connectivity index (χ1v) is 8.63. The Morgan fingerprint density at radius 1 is 1.08 bits per heavy atom. The molecule has 3 rings (SSSR count). The van der Waals surface area contributed by atoms with Crippen molar-refractivity contribution >= 4 is 23.5 Å². The van der Waals surface area contributed by atoms with Gasteiger partial charge in [-0.15, -0.1) is 0 Å². The van der Waals surface area contributed by atoms with Crippen LogP contribution in [0.5, 0.6) is 0 Å². The number of amides is 1. The molecule has 2 aromatic rings. The Labute approximate surface area is 152 Å². The third-order valence-electron chi connectivity index (χ3n) is 4.48. The average molecular weight is 358 g/mol. The first-order valence-electron chi connectivity index (χ1n) is 8.25. The van der Waals surface area contributed by atoms with E-state index in [0.29, 0.717) is 11.6 Å². The Morgan fingerprint density at radius 2 is 1.72 bits per heavy atom. The molecule has 5 heteroatoms. The van der Waals surface area contributed by atoms with Gasteiger partial charge in [-0.3, -0.25) is 9.59 Å². The third kappa shape index (κ3) is 4.20. The molecule has 0 atom stereocenters. The quantitative estimate of drug-likeness (QED) is 0.804. The van der Waals surface area contributed by atoms with Gasteiger partial charge < -0.3 is 10.1 Å². The summed E-state index contributed by atoms with van der Waals surface area (Å²) in [5.74, 6) is -0.652. The molecule has 1 saturated carbocycles. The highest BCUT2D eigenvalue weighted by Gasteiger charge is 2.52. The molecule has 0 aliphatic heterocycles.